The maximum atomic E-state index is 11.1. The fraction of sp³-hybridized carbons (Fsp3) is 0.500. The van der Waals surface area contributed by atoms with Crippen molar-refractivity contribution < 1.29 is 14.3 Å². The van der Waals surface area contributed by atoms with Crippen LogP contribution in [0.4, 0.5) is 4.79 Å². The minimum atomic E-state index is -0.512. The van der Waals surface area contributed by atoms with Crippen molar-refractivity contribution >= 4 is 22.9 Å². The normalized spacial score (nSPS) is 20.4. The molecule has 1 aliphatic rings. The van der Waals surface area contributed by atoms with Crippen LogP contribution in [0.15, 0.2) is 12.7 Å². The molecule has 1 rings (SSSR count). The number of likely N-dealkylation sites (tertiary alicyclic amines) is 1. The van der Waals surface area contributed by atoms with Crippen LogP contribution in [0.5, 0.6) is 0 Å². The van der Waals surface area contributed by atoms with Gasteiger partial charge in [0, 0.05) is 6.54 Å². The Bertz CT molecular complexity index is 242. The molecule has 0 radical (unpaired) electrons. The fourth-order valence-corrected chi connectivity index (χ4v) is 1.28. The van der Waals surface area contributed by atoms with Crippen LogP contribution in [0, 0.1) is 0 Å². The first kappa shape index (κ1) is 10.1. The van der Waals surface area contributed by atoms with E-state index in [1.54, 1.807) is 0 Å². The van der Waals surface area contributed by atoms with E-state index in [0.717, 1.165) is 0 Å². The Kier molecular flexibility index (Phi) is 3.31. The van der Waals surface area contributed by atoms with E-state index in [4.69, 9.17) is 16.3 Å². The summed E-state index contributed by atoms with van der Waals surface area (Å²) in [5.41, 5.74) is 0. The van der Waals surface area contributed by atoms with Gasteiger partial charge in [-0.3, -0.25) is 9.69 Å². The number of rotatable bonds is 3. The molecule has 1 atom stereocenters. The van der Waals surface area contributed by atoms with E-state index in [0.29, 0.717) is 13.0 Å². The molecule has 0 bridgehead atoms. The quantitative estimate of drug-likeness (QED) is 0.511. The van der Waals surface area contributed by atoms with Crippen molar-refractivity contribution in [1.82, 2.24) is 4.90 Å². The average Bonchev–Trinajstić information content (AvgIpc) is 1.97. The van der Waals surface area contributed by atoms with Crippen molar-refractivity contribution in [1.29, 1.82) is 0 Å². The molecule has 0 aromatic heterocycles. The highest BCUT2D eigenvalue weighted by molar-refractivity contribution is 6.65. The van der Waals surface area contributed by atoms with Crippen molar-refractivity contribution in [3.63, 3.8) is 0 Å². The minimum Gasteiger partial charge on any atom is -0.445 e. The van der Waals surface area contributed by atoms with Gasteiger partial charge in [-0.1, -0.05) is 12.7 Å². The summed E-state index contributed by atoms with van der Waals surface area (Å²) < 4.78 is 4.73. The third-order valence-electron chi connectivity index (χ3n) is 1.84. The van der Waals surface area contributed by atoms with Gasteiger partial charge < -0.3 is 4.74 Å². The molecule has 0 spiro atoms. The zero-order valence-corrected chi connectivity index (χ0v) is 7.79. The first-order valence-corrected chi connectivity index (χ1v) is 4.28. The SMILES string of the molecule is C=CCOC(=O)N1CC[C@H]1C(=O)Cl. The number of carbonyl (C=O) groups is 2. The van der Waals surface area contributed by atoms with E-state index < -0.39 is 17.4 Å². The Labute approximate surface area is 81.1 Å². The first-order chi connectivity index (χ1) is 6.16. The second-order valence-corrected chi connectivity index (χ2v) is 3.04. The molecule has 13 heavy (non-hydrogen) atoms. The lowest BCUT2D eigenvalue weighted by Crippen LogP contribution is -2.54. The molecule has 4 nitrogen and oxygen atoms in total. The highest BCUT2D eigenvalue weighted by Gasteiger charge is 2.37. The molecule has 0 unspecified atom stereocenters. The van der Waals surface area contributed by atoms with E-state index in [1.807, 2.05) is 0 Å². The third-order valence-corrected chi connectivity index (χ3v) is 2.09. The smallest absolute Gasteiger partial charge is 0.410 e. The van der Waals surface area contributed by atoms with Crippen LogP contribution in [-0.2, 0) is 9.53 Å². The van der Waals surface area contributed by atoms with E-state index >= 15 is 0 Å². The van der Waals surface area contributed by atoms with Crippen molar-refractivity contribution in [2.24, 2.45) is 0 Å². The molecule has 0 N–H and O–H groups in total. The van der Waals surface area contributed by atoms with Gasteiger partial charge in [-0.05, 0) is 18.0 Å². The van der Waals surface area contributed by atoms with Crippen LogP contribution in [0.2, 0.25) is 0 Å². The van der Waals surface area contributed by atoms with Gasteiger partial charge >= 0.3 is 6.09 Å². The van der Waals surface area contributed by atoms with Gasteiger partial charge in [0.25, 0.3) is 0 Å². The summed E-state index contributed by atoms with van der Waals surface area (Å²) in [7, 11) is 0. The highest BCUT2D eigenvalue weighted by Crippen LogP contribution is 2.20. The van der Waals surface area contributed by atoms with Crippen molar-refractivity contribution in [3.05, 3.63) is 12.7 Å². The third kappa shape index (κ3) is 2.21. The van der Waals surface area contributed by atoms with Gasteiger partial charge in [0.2, 0.25) is 5.24 Å². The predicted octanol–water partition coefficient (Wildman–Crippen LogP) is 1.15. The Balaban J connectivity index is 2.39. The lowest BCUT2D eigenvalue weighted by atomic mass is 10.1. The maximum Gasteiger partial charge on any atom is 0.410 e. The Morgan fingerprint density at radius 2 is 2.38 bits per heavy atom. The summed E-state index contributed by atoms with van der Waals surface area (Å²) in [6.45, 7) is 4.08. The van der Waals surface area contributed by atoms with Gasteiger partial charge in [0.05, 0.1) is 0 Å². The lowest BCUT2D eigenvalue weighted by molar-refractivity contribution is -0.119. The summed E-state index contributed by atoms with van der Waals surface area (Å²) in [6.07, 6.45) is 1.57. The summed E-state index contributed by atoms with van der Waals surface area (Å²) >= 11 is 5.24. The molecule has 0 aromatic carbocycles. The predicted molar refractivity (Wildman–Crippen MR) is 47.5 cm³/mol. The number of hydrogen-bond acceptors (Lipinski definition) is 3. The second-order valence-electron chi connectivity index (χ2n) is 2.67. The number of amides is 1. The number of hydrogen-bond donors (Lipinski definition) is 0. The standard InChI is InChI=1S/C8H10ClNO3/c1-2-5-13-8(12)10-4-3-6(10)7(9)11/h2,6H,1,3-5H2/t6-/m0/s1. The second kappa shape index (κ2) is 4.28. The molecule has 1 heterocycles. The van der Waals surface area contributed by atoms with Gasteiger partial charge in [0.15, 0.2) is 0 Å². The molecular formula is C8H10ClNO3. The summed E-state index contributed by atoms with van der Waals surface area (Å²) in [6, 6.07) is -0.501. The van der Waals surface area contributed by atoms with E-state index in [9.17, 15) is 9.59 Å². The topological polar surface area (TPSA) is 46.6 Å². The van der Waals surface area contributed by atoms with Crippen molar-refractivity contribution in [3.8, 4) is 0 Å². The number of carbonyl (C=O) groups excluding carboxylic acids is 2. The van der Waals surface area contributed by atoms with E-state index in [-0.39, 0.29) is 6.61 Å². The van der Waals surface area contributed by atoms with Crippen molar-refractivity contribution in [2.75, 3.05) is 13.2 Å². The van der Waals surface area contributed by atoms with Crippen LogP contribution >= 0.6 is 11.6 Å². The Morgan fingerprint density at radius 3 is 2.77 bits per heavy atom. The highest BCUT2D eigenvalue weighted by atomic mass is 35.5. The van der Waals surface area contributed by atoms with Gasteiger partial charge in [-0.15, -0.1) is 0 Å². The summed E-state index contributed by atoms with van der Waals surface area (Å²) in [4.78, 5) is 23.2. The summed E-state index contributed by atoms with van der Waals surface area (Å²) in [5.74, 6) is 0. The molecular weight excluding hydrogens is 194 g/mol. The van der Waals surface area contributed by atoms with Crippen LogP contribution in [-0.4, -0.2) is 35.4 Å². The van der Waals surface area contributed by atoms with Crippen LogP contribution < -0.4 is 0 Å². The fourth-order valence-electron chi connectivity index (χ4n) is 1.05. The average molecular weight is 204 g/mol. The molecule has 0 aliphatic carbocycles. The largest absolute Gasteiger partial charge is 0.445 e. The maximum absolute atomic E-state index is 11.1. The number of ether oxygens (including phenoxy) is 1. The van der Waals surface area contributed by atoms with E-state index in [2.05, 4.69) is 6.58 Å². The number of halogens is 1. The zero-order chi connectivity index (χ0) is 9.84. The Morgan fingerprint density at radius 1 is 1.69 bits per heavy atom. The minimum absolute atomic E-state index is 0.151. The lowest BCUT2D eigenvalue weighted by Gasteiger charge is -2.37. The molecule has 5 heteroatoms. The molecule has 0 saturated carbocycles. The van der Waals surface area contributed by atoms with Crippen molar-refractivity contribution in [2.45, 2.75) is 12.5 Å². The Hall–Kier alpha value is -1.03. The van der Waals surface area contributed by atoms with Crippen LogP contribution in [0.25, 0.3) is 0 Å². The molecule has 1 saturated heterocycles. The summed E-state index contributed by atoms with van der Waals surface area (Å²) in [5, 5.41) is -0.512. The van der Waals surface area contributed by atoms with Gasteiger partial charge in [-0.25, -0.2) is 4.79 Å². The van der Waals surface area contributed by atoms with Crippen LogP contribution in [0.1, 0.15) is 6.42 Å². The first-order valence-electron chi connectivity index (χ1n) is 3.90. The van der Waals surface area contributed by atoms with Gasteiger partial charge in [0.1, 0.15) is 12.6 Å². The molecule has 0 aromatic rings. The van der Waals surface area contributed by atoms with Gasteiger partial charge in [-0.2, -0.15) is 0 Å². The monoisotopic (exact) mass is 203 g/mol. The molecule has 1 fully saturated rings. The number of nitrogens with zero attached hydrogens (tertiary/aromatic N) is 1. The van der Waals surface area contributed by atoms with Crippen LogP contribution in [0.3, 0.4) is 0 Å². The van der Waals surface area contributed by atoms with E-state index in [1.165, 1.54) is 11.0 Å². The molecule has 1 aliphatic heterocycles. The molecule has 72 valence electrons. The zero-order valence-electron chi connectivity index (χ0n) is 7.03. The molecule has 1 amide bonds.